The topological polar surface area (TPSA) is 532 Å². The lowest BCUT2D eigenvalue weighted by molar-refractivity contribution is -0.279. The second kappa shape index (κ2) is 48.7. The maximum Gasteiger partial charge on any atom is 0.303 e. The fourth-order valence-corrected chi connectivity index (χ4v) is 10.7. The largest absolute Gasteiger partial charge is 0.463 e. The summed E-state index contributed by atoms with van der Waals surface area (Å²) in [7, 11) is 0. The van der Waals surface area contributed by atoms with Gasteiger partial charge in [-0.3, -0.25) is 71.9 Å². The number of rotatable bonds is 46. The normalized spacial score (nSPS) is 24.6. The highest BCUT2D eigenvalue weighted by Gasteiger charge is 2.54. The van der Waals surface area contributed by atoms with E-state index in [-0.39, 0.29) is 111 Å². The van der Waals surface area contributed by atoms with Crippen LogP contribution in [0.2, 0.25) is 0 Å². The van der Waals surface area contributed by atoms with Gasteiger partial charge < -0.3 is 128 Å². The first-order valence-electron chi connectivity index (χ1n) is 33.8. The van der Waals surface area contributed by atoms with Crippen molar-refractivity contribution in [1.82, 2.24) is 37.2 Å². The van der Waals surface area contributed by atoms with Crippen LogP contribution < -0.4 is 43.0 Å². The van der Waals surface area contributed by atoms with Gasteiger partial charge in [-0.1, -0.05) is 0 Å². The third-order valence-corrected chi connectivity index (χ3v) is 14.8. The van der Waals surface area contributed by atoms with Crippen LogP contribution in [0.4, 0.5) is 0 Å². The number of nitrogens with one attached hydrogen (secondary N) is 7. The van der Waals surface area contributed by atoms with Gasteiger partial charge in [0.25, 0.3) is 0 Å². The molecule has 3 aliphatic rings. The average Bonchev–Trinajstić information content (AvgIpc) is 0.801. The molecule has 15 unspecified atom stereocenters. The highest BCUT2D eigenvalue weighted by molar-refractivity contribution is 5.83. The Morgan fingerprint density at radius 2 is 0.657 bits per heavy atom. The lowest BCUT2D eigenvalue weighted by atomic mass is 9.96. The molecule has 3 rings (SSSR count). The maximum absolute atomic E-state index is 13.7. The predicted molar refractivity (Wildman–Crippen MR) is 350 cm³/mol. The lowest BCUT2D eigenvalue weighted by Gasteiger charge is -2.44. The van der Waals surface area contributed by atoms with E-state index in [0.717, 1.165) is 62.3 Å². The fourth-order valence-electron chi connectivity index (χ4n) is 10.7. The molecule has 0 aliphatic carbocycles. The summed E-state index contributed by atoms with van der Waals surface area (Å²) in [4.78, 5) is 185. The smallest absolute Gasteiger partial charge is 0.303 e. The SMILES string of the molecule is CC(=O)NC1C(OCCOCCNC(=O)CC[C@H](NCCC[C@H](N)C(=O)NCCOCCOC2OC(COC(C)=O)C(OC(C)=O)C(OC(C)=O)C2NC(C)=O)C(=O)NCCOCCOC2OC(COC(C)=O)C(OC(C)=O)C(OC(C)=O)C2NC(C)=O)OC(COC(C)=O)C(OC(C)=O)C1OC(C)=O. The third kappa shape index (κ3) is 36.0. The van der Waals surface area contributed by atoms with E-state index in [9.17, 15) is 71.9 Å². The zero-order chi connectivity index (χ0) is 78.3. The van der Waals surface area contributed by atoms with Crippen LogP contribution >= 0.6 is 0 Å². The number of carbonyl (C=O) groups excluding carboxylic acids is 15. The molecule has 41 nitrogen and oxygen atoms in total. The molecule has 0 aromatic carbocycles. The summed E-state index contributed by atoms with van der Waals surface area (Å²) >= 11 is 0. The van der Waals surface area contributed by atoms with Gasteiger partial charge in [0.05, 0.1) is 71.5 Å². The molecule has 0 bridgehead atoms. The van der Waals surface area contributed by atoms with Crippen LogP contribution in [0, 0.1) is 0 Å². The van der Waals surface area contributed by atoms with E-state index in [2.05, 4.69) is 37.2 Å². The van der Waals surface area contributed by atoms with Gasteiger partial charge in [-0.25, -0.2) is 0 Å². The Balaban J connectivity index is 1.61. The molecule has 17 atom stereocenters. The molecule has 0 saturated carbocycles. The number of nitrogens with two attached hydrogens (primary N) is 1. The van der Waals surface area contributed by atoms with Gasteiger partial charge in [0.1, 0.15) is 56.3 Å². The Kier molecular flexibility index (Phi) is 42.1. The van der Waals surface area contributed by atoms with Crippen molar-refractivity contribution in [2.75, 3.05) is 105 Å². The molecule has 3 heterocycles. The molecule has 0 aromatic heterocycles. The van der Waals surface area contributed by atoms with Gasteiger partial charge >= 0.3 is 53.7 Å². The molecule has 0 spiro atoms. The van der Waals surface area contributed by atoms with E-state index in [4.69, 9.17) is 91.0 Å². The van der Waals surface area contributed by atoms with Crippen molar-refractivity contribution in [3.8, 4) is 0 Å². The zero-order valence-corrected chi connectivity index (χ0v) is 61.0. The zero-order valence-electron chi connectivity index (χ0n) is 61.0. The molecule has 105 heavy (non-hydrogen) atoms. The highest BCUT2D eigenvalue weighted by Crippen LogP contribution is 2.31. The second-order valence-corrected chi connectivity index (χ2v) is 23.8. The minimum absolute atomic E-state index is 0.000498. The summed E-state index contributed by atoms with van der Waals surface area (Å²) in [6.07, 6.45) is -15.5. The number of amides is 6. The maximum atomic E-state index is 13.7. The van der Waals surface area contributed by atoms with Crippen LogP contribution in [0.25, 0.3) is 0 Å². The van der Waals surface area contributed by atoms with E-state index >= 15 is 0 Å². The van der Waals surface area contributed by atoms with E-state index in [0.29, 0.717) is 0 Å². The highest BCUT2D eigenvalue weighted by atomic mass is 16.7. The predicted octanol–water partition coefficient (Wildman–Crippen LogP) is -4.75. The third-order valence-electron chi connectivity index (χ3n) is 14.8. The van der Waals surface area contributed by atoms with Crippen molar-refractivity contribution < 1.29 is 157 Å². The van der Waals surface area contributed by atoms with E-state index < -0.39 is 213 Å². The molecule has 0 aromatic rings. The van der Waals surface area contributed by atoms with E-state index in [1.165, 1.54) is 20.8 Å². The first-order chi connectivity index (χ1) is 49.7. The minimum atomic E-state index is -1.36. The monoisotopic (exact) mass is 1510 g/mol. The van der Waals surface area contributed by atoms with Crippen LogP contribution in [0.3, 0.4) is 0 Å². The van der Waals surface area contributed by atoms with Crippen LogP contribution in [-0.2, 0) is 157 Å². The van der Waals surface area contributed by atoms with Crippen LogP contribution in [-0.4, -0.2) is 299 Å². The van der Waals surface area contributed by atoms with Crippen molar-refractivity contribution in [3.63, 3.8) is 0 Å². The van der Waals surface area contributed by atoms with Crippen molar-refractivity contribution >= 4 is 89.2 Å². The minimum Gasteiger partial charge on any atom is -0.463 e. The molecular formula is C64H102N8O33. The van der Waals surface area contributed by atoms with Gasteiger partial charge in [-0.2, -0.15) is 0 Å². The summed E-state index contributed by atoms with van der Waals surface area (Å²) in [6.45, 7) is 11.4. The Morgan fingerprint density at radius 3 is 0.962 bits per heavy atom. The Bertz CT molecular complexity index is 2880. The number of hydrogen-bond donors (Lipinski definition) is 8. The standard InChI is InChI=1S/C64H102N8O33/c1-33(73)70-51-57(100-42(10)82)54(97-39(7)79)47(30-94-36(4)76)103-62(51)91-27-24-88-21-18-67-50(85)16-15-46(61(87)69-20-23-90-26-29-93-64-53(72-35(3)75)59(102-44(12)84)56(99-41(9)81)49(105-64)32-96-38(6)78)66-17-13-14-45(65)60(86)68-19-22-89-25-28-92-63-52(71-34(2)74)58(101-43(11)83)55(98-40(8)80)48(104-63)31-95-37(5)77/h45-49,51-59,62-64,66H,13-32,65H2,1-12H3,(H,67,85)(H,68,86)(H,69,87)(H,70,73)(H,71,74)(H,72,75)/t45-,46-,47?,48?,49?,51?,52?,53?,54?,55?,56?,57?,58?,59?,62?,63?,64?/m0/s1. The summed E-state index contributed by atoms with van der Waals surface area (Å²) in [6, 6.07) is -5.63. The summed E-state index contributed by atoms with van der Waals surface area (Å²) in [5.41, 5.74) is 6.23. The second-order valence-electron chi connectivity index (χ2n) is 23.8. The van der Waals surface area contributed by atoms with Crippen molar-refractivity contribution in [2.45, 2.75) is 213 Å². The first kappa shape index (κ1) is 90.8. The number of ether oxygens (including phenoxy) is 18. The summed E-state index contributed by atoms with van der Waals surface area (Å²) in [5.74, 6) is -10.1. The van der Waals surface area contributed by atoms with Crippen molar-refractivity contribution in [1.29, 1.82) is 0 Å². The Labute approximate surface area is 605 Å². The molecule has 9 N–H and O–H groups in total. The van der Waals surface area contributed by atoms with Gasteiger partial charge in [0.15, 0.2) is 55.5 Å². The van der Waals surface area contributed by atoms with Crippen molar-refractivity contribution in [2.24, 2.45) is 5.73 Å². The van der Waals surface area contributed by atoms with Gasteiger partial charge in [-0.05, 0) is 25.8 Å². The van der Waals surface area contributed by atoms with Gasteiger partial charge in [-0.15, -0.1) is 0 Å². The van der Waals surface area contributed by atoms with Crippen LogP contribution in [0.5, 0.6) is 0 Å². The number of esters is 9. The molecule has 596 valence electrons. The molecule has 3 aliphatic heterocycles. The molecular weight excluding hydrogens is 1410 g/mol. The average molecular weight is 1510 g/mol. The number of carbonyl (C=O) groups is 15. The summed E-state index contributed by atoms with van der Waals surface area (Å²) in [5, 5.41) is 19.0. The number of hydrogen-bond acceptors (Lipinski definition) is 35. The molecule has 3 saturated heterocycles. The van der Waals surface area contributed by atoms with Gasteiger partial charge in [0, 0.05) is 109 Å². The molecule has 41 heteroatoms. The van der Waals surface area contributed by atoms with Crippen molar-refractivity contribution in [3.05, 3.63) is 0 Å². The fraction of sp³-hybridized carbons (Fsp3) is 0.766. The molecule has 3 fully saturated rings. The molecule has 0 radical (unpaired) electrons. The molecule has 6 amide bonds. The lowest BCUT2D eigenvalue weighted by Crippen LogP contribution is -2.66. The quantitative estimate of drug-likeness (QED) is 0.0161. The summed E-state index contributed by atoms with van der Waals surface area (Å²) < 4.78 is 101. The Morgan fingerprint density at radius 1 is 0.352 bits per heavy atom. The van der Waals surface area contributed by atoms with Crippen LogP contribution in [0.15, 0.2) is 0 Å². The van der Waals surface area contributed by atoms with Gasteiger partial charge in [0.2, 0.25) is 35.4 Å². The van der Waals surface area contributed by atoms with Crippen LogP contribution in [0.1, 0.15) is 109 Å². The Hall–Kier alpha value is -8.39. The van der Waals surface area contributed by atoms with E-state index in [1.54, 1.807) is 0 Å². The van der Waals surface area contributed by atoms with E-state index in [1.807, 2.05) is 0 Å². The first-order valence-corrected chi connectivity index (χ1v) is 33.8.